The van der Waals surface area contributed by atoms with E-state index < -0.39 is 0 Å². The monoisotopic (exact) mass is 231 g/mol. The van der Waals surface area contributed by atoms with Crippen LogP contribution in [0.15, 0.2) is 54.6 Å². The molecule has 4 N–H and O–H groups in total. The number of para-hydroxylation sites is 1. The van der Waals surface area contributed by atoms with Crippen LogP contribution in [0.4, 0.5) is 0 Å². The van der Waals surface area contributed by atoms with Crippen LogP contribution in [0, 0.1) is 0 Å². The fourth-order valence-corrected chi connectivity index (χ4v) is 1.34. The normalized spacial score (nSPS) is 9.29. The Labute approximate surface area is 101 Å². The number of hydrogen-bond donors (Lipinski definition) is 3. The van der Waals surface area contributed by atoms with Gasteiger partial charge in [0.15, 0.2) is 0 Å². The van der Waals surface area contributed by atoms with E-state index >= 15 is 0 Å². The first-order valence-electron chi connectivity index (χ1n) is 5.44. The van der Waals surface area contributed by atoms with Crippen molar-refractivity contribution >= 4 is 0 Å². The Morgan fingerprint density at radius 2 is 1.41 bits per heavy atom. The SMILES string of the molecule is NCCO.Oc1ccccc1-c1ccccc1. The van der Waals surface area contributed by atoms with Crippen molar-refractivity contribution in [1.82, 2.24) is 0 Å². The number of rotatable bonds is 2. The number of benzene rings is 2. The lowest BCUT2D eigenvalue weighted by atomic mass is 10.1. The van der Waals surface area contributed by atoms with Crippen molar-refractivity contribution in [2.24, 2.45) is 5.73 Å². The number of aliphatic hydroxyl groups is 1. The van der Waals surface area contributed by atoms with Gasteiger partial charge in [-0.25, -0.2) is 0 Å². The van der Waals surface area contributed by atoms with E-state index in [1.165, 1.54) is 0 Å². The molecule has 3 nitrogen and oxygen atoms in total. The number of phenolic OH excluding ortho intramolecular Hbond substituents is 1. The Kier molecular flexibility index (Phi) is 5.79. The highest BCUT2D eigenvalue weighted by molar-refractivity contribution is 5.69. The molecule has 0 unspecified atom stereocenters. The lowest BCUT2D eigenvalue weighted by Gasteiger charge is -2.02. The summed E-state index contributed by atoms with van der Waals surface area (Å²) in [4.78, 5) is 0. The largest absolute Gasteiger partial charge is 0.507 e. The Hall–Kier alpha value is -1.84. The summed E-state index contributed by atoms with van der Waals surface area (Å²) >= 11 is 0. The molecule has 0 heterocycles. The third-order valence-corrected chi connectivity index (χ3v) is 2.12. The maximum Gasteiger partial charge on any atom is 0.123 e. The van der Waals surface area contributed by atoms with Gasteiger partial charge in [0.1, 0.15) is 5.75 Å². The van der Waals surface area contributed by atoms with Gasteiger partial charge in [0.25, 0.3) is 0 Å². The minimum absolute atomic E-state index is 0.0972. The number of aromatic hydroxyl groups is 1. The smallest absolute Gasteiger partial charge is 0.123 e. The van der Waals surface area contributed by atoms with Crippen molar-refractivity contribution in [3.63, 3.8) is 0 Å². The van der Waals surface area contributed by atoms with E-state index in [2.05, 4.69) is 0 Å². The molecule has 2 aromatic rings. The third kappa shape index (κ3) is 4.26. The van der Waals surface area contributed by atoms with E-state index in [0.717, 1.165) is 11.1 Å². The molecule has 0 spiro atoms. The molecule has 0 aromatic heterocycles. The van der Waals surface area contributed by atoms with Crippen molar-refractivity contribution in [3.8, 4) is 16.9 Å². The molecule has 2 rings (SSSR count). The number of hydrogen-bond acceptors (Lipinski definition) is 3. The van der Waals surface area contributed by atoms with Gasteiger partial charge in [-0.2, -0.15) is 0 Å². The highest BCUT2D eigenvalue weighted by Gasteiger charge is 2.00. The van der Waals surface area contributed by atoms with Gasteiger partial charge in [-0.3, -0.25) is 0 Å². The fraction of sp³-hybridized carbons (Fsp3) is 0.143. The van der Waals surface area contributed by atoms with Gasteiger partial charge in [0, 0.05) is 12.1 Å². The van der Waals surface area contributed by atoms with Gasteiger partial charge in [-0.05, 0) is 11.6 Å². The summed E-state index contributed by atoms with van der Waals surface area (Å²) in [5, 5.41) is 17.3. The minimum Gasteiger partial charge on any atom is -0.507 e. The summed E-state index contributed by atoms with van der Waals surface area (Å²) in [5.41, 5.74) is 6.70. The van der Waals surface area contributed by atoms with Gasteiger partial charge >= 0.3 is 0 Å². The van der Waals surface area contributed by atoms with Crippen LogP contribution < -0.4 is 5.73 Å². The Bertz CT molecular complexity index is 427. The quantitative estimate of drug-likeness (QED) is 0.740. The average Bonchev–Trinajstić information content (AvgIpc) is 2.41. The van der Waals surface area contributed by atoms with Crippen molar-refractivity contribution in [1.29, 1.82) is 0 Å². The van der Waals surface area contributed by atoms with Gasteiger partial charge in [0.2, 0.25) is 0 Å². The minimum atomic E-state index is 0.0972. The lowest BCUT2D eigenvalue weighted by molar-refractivity contribution is 0.306. The summed E-state index contributed by atoms with van der Waals surface area (Å²) in [5.74, 6) is 0.328. The van der Waals surface area contributed by atoms with Crippen LogP contribution in [0.5, 0.6) is 5.75 Å². The summed E-state index contributed by atoms with van der Waals surface area (Å²) in [6.45, 7) is 0.472. The number of aliphatic hydroxyl groups excluding tert-OH is 1. The molecule has 90 valence electrons. The van der Waals surface area contributed by atoms with Gasteiger partial charge in [0.05, 0.1) is 6.61 Å². The predicted molar refractivity (Wildman–Crippen MR) is 69.7 cm³/mol. The van der Waals surface area contributed by atoms with Crippen LogP contribution in [-0.4, -0.2) is 23.4 Å². The zero-order chi connectivity index (χ0) is 12.5. The van der Waals surface area contributed by atoms with Gasteiger partial charge in [-0.1, -0.05) is 48.5 Å². The van der Waals surface area contributed by atoms with Crippen molar-refractivity contribution in [2.75, 3.05) is 13.2 Å². The Morgan fingerprint density at radius 3 is 1.94 bits per heavy atom. The fourth-order valence-electron chi connectivity index (χ4n) is 1.34. The third-order valence-electron chi connectivity index (χ3n) is 2.12. The summed E-state index contributed by atoms with van der Waals surface area (Å²) in [6.07, 6.45) is 0. The van der Waals surface area contributed by atoms with Crippen LogP contribution in [-0.2, 0) is 0 Å². The molecular weight excluding hydrogens is 214 g/mol. The molecule has 0 atom stereocenters. The maximum absolute atomic E-state index is 9.56. The van der Waals surface area contributed by atoms with Crippen LogP contribution >= 0.6 is 0 Å². The molecule has 0 aliphatic rings. The van der Waals surface area contributed by atoms with Crippen molar-refractivity contribution < 1.29 is 10.2 Å². The second-order valence-corrected chi connectivity index (χ2v) is 3.40. The molecule has 0 fully saturated rings. The highest BCUT2D eigenvalue weighted by Crippen LogP contribution is 2.27. The van der Waals surface area contributed by atoms with Gasteiger partial charge in [-0.15, -0.1) is 0 Å². The molecule has 0 saturated heterocycles. The topological polar surface area (TPSA) is 66.5 Å². The molecule has 17 heavy (non-hydrogen) atoms. The van der Waals surface area contributed by atoms with E-state index in [-0.39, 0.29) is 6.61 Å². The first kappa shape index (κ1) is 13.2. The predicted octanol–water partition coefficient (Wildman–Crippen LogP) is 2.00. The van der Waals surface area contributed by atoms with Crippen molar-refractivity contribution in [3.05, 3.63) is 54.6 Å². The second kappa shape index (κ2) is 7.44. The molecule has 3 heteroatoms. The zero-order valence-corrected chi connectivity index (χ0v) is 9.58. The van der Waals surface area contributed by atoms with Crippen LogP contribution in [0.25, 0.3) is 11.1 Å². The molecular formula is C14H17NO2. The number of phenols is 1. The standard InChI is InChI=1S/C12H10O.C2H7NO/c13-12-9-5-4-8-11(12)10-6-2-1-3-7-10;3-1-2-4/h1-9,13H;4H,1-3H2. The van der Waals surface area contributed by atoms with Crippen LogP contribution in [0.1, 0.15) is 0 Å². The van der Waals surface area contributed by atoms with Crippen LogP contribution in [0.3, 0.4) is 0 Å². The zero-order valence-electron chi connectivity index (χ0n) is 9.58. The van der Waals surface area contributed by atoms with E-state index in [1.807, 2.05) is 48.5 Å². The maximum atomic E-state index is 9.56. The molecule has 2 aromatic carbocycles. The van der Waals surface area contributed by atoms with E-state index in [4.69, 9.17) is 10.8 Å². The molecule has 0 radical (unpaired) electrons. The number of nitrogens with two attached hydrogens (primary N) is 1. The Balaban J connectivity index is 0.000000317. The first-order chi connectivity index (χ1) is 8.29. The van der Waals surface area contributed by atoms with Gasteiger partial charge < -0.3 is 15.9 Å². The summed E-state index contributed by atoms with van der Waals surface area (Å²) in [6, 6.07) is 17.2. The van der Waals surface area contributed by atoms with Crippen LogP contribution in [0.2, 0.25) is 0 Å². The molecule has 0 saturated carbocycles. The average molecular weight is 231 g/mol. The Morgan fingerprint density at radius 1 is 0.882 bits per heavy atom. The van der Waals surface area contributed by atoms with E-state index in [9.17, 15) is 5.11 Å². The lowest BCUT2D eigenvalue weighted by Crippen LogP contribution is -2.02. The second-order valence-electron chi connectivity index (χ2n) is 3.40. The molecule has 0 aliphatic carbocycles. The molecule has 0 amide bonds. The summed E-state index contributed by atoms with van der Waals surface area (Å²) in [7, 11) is 0. The summed E-state index contributed by atoms with van der Waals surface area (Å²) < 4.78 is 0. The van der Waals surface area contributed by atoms with Crippen molar-refractivity contribution in [2.45, 2.75) is 0 Å². The molecule has 0 bridgehead atoms. The highest BCUT2D eigenvalue weighted by atomic mass is 16.3. The van der Waals surface area contributed by atoms with E-state index in [0.29, 0.717) is 12.3 Å². The molecule has 0 aliphatic heterocycles. The van der Waals surface area contributed by atoms with E-state index in [1.54, 1.807) is 6.07 Å². The first-order valence-corrected chi connectivity index (χ1v) is 5.44.